The summed E-state index contributed by atoms with van der Waals surface area (Å²) in [7, 11) is -5.12. The Bertz CT molecular complexity index is 1220. The van der Waals surface area contributed by atoms with Crippen LogP contribution in [0.1, 0.15) is 226 Å². The van der Waals surface area contributed by atoms with E-state index >= 15 is 0 Å². The van der Waals surface area contributed by atoms with Crippen molar-refractivity contribution in [2.45, 2.75) is 268 Å². The van der Waals surface area contributed by atoms with Crippen molar-refractivity contribution >= 4 is 19.8 Å². The fraction of sp³-hybridized carbons (Fsp3) is 0.880. The molecule has 1 fully saturated rings. The van der Waals surface area contributed by atoms with Crippen molar-refractivity contribution in [2.75, 3.05) is 13.2 Å². The van der Waals surface area contributed by atoms with Gasteiger partial charge in [-0.1, -0.05) is 173 Å². The second kappa shape index (κ2) is 40.4. The minimum atomic E-state index is -5.12. The molecule has 13 nitrogen and oxygen atoms in total. The molecule has 376 valence electrons. The van der Waals surface area contributed by atoms with Gasteiger partial charge in [0.05, 0.1) is 6.61 Å². The molecule has 6 N–H and O–H groups in total. The first-order valence-electron chi connectivity index (χ1n) is 25.6. The van der Waals surface area contributed by atoms with E-state index in [1.54, 1.807) is 0 Å². The number of esters is 2. The van der Waals surface area contributed by atoms with Crippen molar-refractivity contribution in [3.05, 3.63) is 24.3 Å². The second-order valence-corrected chi connectivity index (χ2v) is 19.4. The Balaban J connectivity index is 2.41. The summed E-state index contributed by atoms with van der Waals surface area (Å²) < 4.78 is 33.6. The van der Waals surface area contributed by atoms with E-state index in [9.17, 15) is 44.6 Å². The molecule has 0 radical (unpaired) electrons. The Hall–Kier alpha value is -1.67. The molecular formula is C50H93O13P. The number of ether oxygens (including phenoxy) is 2. The molecule has 0 aromatic carbocycles. The van der Waals surface area contributed by atoms with Crippen LogP contribution in [0.4, 0.5) is 0 Å². The second-order valence-electron chi connectivity index (χ2n) is 18.0. The average Bonchev–Trinajstić information content (AvgIpc) is 3.28. The zero-order valence-corrected chi connectivity index (χ0v) is 41.0. The van der Waals surface area contributed by atoms with Gasteiger partial charge < -0.3 is 39.9 Å². The Labute approximate surface area is 387 Å². The van der Waals surface area contributed by atoms with Crippen molar-refractivity contribution in [1.82, 2.24) is 0 Å². The topological polar surface area (TPSA) is 210 Å². The van der Waals surface area contributed by atoms with E-state index in [2.05, 4.69) is 38.2 Å². The van der Waals surface area contributed by atoms with Gasteiger partial charge >= 0.3 is 19.8 Å². The Kier molecular flexibility index (Phi) is 38.1. The van der Waals surface area contributed by atoms with Gasteiger partial charge in [-0.3, -0.25) is 18.6 Å². The predicted molar refractivity (Wildman–Crippen MR) is 254 cm³/mol. The fourth-order valence-corrected chi connectivity index (χ4v) is 8.84. The third kappa shape index (κ3) is 32.1. The van der Waals surface area contributed by atoms with Gasteiger partial charge in [0, 0.05) is 12.8 Å². The number of phosphoric acid groups is 1. The Morgan fingerprint density at radius 1 is 0.469 bits per heavy atom. The molecule has 64 heavy (non-hydrogen) atoms. The van der Waals surface area contributed by atoms with Crippen molar-refractivity contribution in [1.29, 1.82) is 0 Å². The molecule has 1 saturated carbocycles. The molecule has 6 unspecified atom stereocenters. The van der Waals surface area contributed by atoms with Crippen LogP contribution in [0.3, 0.4) is 0 Å². The summed E-state index contributed by atoms with van der Waals surface area (Å²) in [6.45, 7) is 3.31. The molecule has 1 aliphatic rings. The van der Waals surface area contributed by atoms with Gasteiger partial charge in [0.15, 0.2) is 6.10 Å². The summed E-state index contributed by atoms with van der Waals surface area (Å²) in [4.78, 5) is 35.8. The summed E-state index contributed by atoms with van der Waals surface area (Å²) >= 11 is 0. The van der Waals surface area contributed by atoms with Gasteiger partial charge in [-0.2, -0.15) is 0 Å². The van der Waals surface area contributed by atoms with E-state index in [1.807, 2.05) is 0 Å². The first kappa shape index (κ1) is 60.3. The molecule has 6 atom stereocenters. The third-order valence-electron chi connectivity index (χ3n) is 12.0. The lowest BCUT2D eigenvalue weighted by molar-refractivity contribution is -0.220. The van der Waals surface area contributed by atoms with E-state index < -0.39 is 75.7 Å². The lowest BCUT2D eigenvalue weighted by Crippen LogP contribution is -2.64. The molecular weight excluding hydrogens is 840 g/mol. The van der Waals surface area contributed by atoms with Crippen molar-refractivity contribution in [2.24, 2.45) is 0 Å². The number of unbranched alkanes of at least 4 members (excludes halogenated alkanes) is 27. The third-order valence-corrected chi connectivity index (χ3v) is 13.0. The van der Waals surface area contributed by atoms with Gasteiger partial charge in [0.2, 0.25) is 0 Å². The van der Waals surface area contributed by atoms with E-state index in [-0.39, 0.29) is 12.8 Å². The first-order valence-corrected chi connectivity index (χ1v) is 27.1. The van der Waals surface area contributed by atoms with Crippen LogP contribution in [-0.2, 0) is 32.7 Å². The van der Waals surface area contributed by atoms with Crippen LogP contribution in [0.5, 0.6) is 0 Å². The number of carbonyl (C=O) groups excluding carboxylic acids is 2. The van der Waals surface area contributed by atoms with Gasteiger partial charge in [-0.05, 0) is 64.2 Å². The molecule has 14 heteroatoms. The molecule has 0 heterocycles. The predicted octanol–water partition coefficient (Wildman–Crippen LogP) is 10.8. The highest BCUT2D eigenvalue weighted by atomic mass is 31.2. The van der Waals surface area contributed by atoms with Gasteiger partial charge in [-0.15, -0.1) is 0 Å². The van der Waals surface area contributed by atoms with Crippen LogP contribution < -0.4 is 0 Å². The fourth-order valence-electron chi connectivity index (χ4n) is 7.87. The molecule has 0 aromatic rings. The maximum absolute atomic E-state index is 12.8. The highest BCUT2D eigenvalue weighted by Gasteiger charge is 2.51. The molecule has 0 aromatic heterocycles. The first-order chi connectivity index (χ1) is 30.9. The number of aliphatic hydroxyl groups is 5. The zero-order valence-electron chi connectivity index (χ0n) is 40.1. The normalized spacial score (nSPS) is 21.7. The monoisotopic (exact) mass is 933 g/mol. The number of rotatable bonds is 43. The van der Waals surface area contributed by atoms with Crippen LogP contribution in [-0.4, -0.2) is 98.3 Å². The van der Waals surface area contributed by atoms with Crippen LogP contribution >= 0.6 is 7.82 Å². The van der Waals surface area contributed by atoms with Crippen molar-refractivity contribution < 1.29 is 63.1 Å². The van der Waals surface area contributed by atoms with Crippen molar-refractivity contribution in [3.63, 3.8) is 0 Å². The molecule has 0 aliphatic heterocycles. The zero-order chi connectivity index (χ0) is 47.1. The molecule has 1 aliphatic carbocycles. The number of hydrogen-bond acceptors (Lipinski definition) is 12. The summed E-state index contributed by atoms with van der Waals surface area (Å²) in [6.07, 6.45) is 32.2. The largest absolute Gasteiger partial charge is 0.472 e. The summed E-state index contributed by atoms with van der Waals surface area (Å²) in [5.41, 5.74) is 0. The lowest BCUT2D eigenvalue weighted by atomic mass is 9.85. The minimum absolute atomic E-state index is 0.0930. The molecule has 0 spiro atoms. The maximum atomic E-state index is 12.8. The molecule has 0 saturated heterocycles. The van der Waals surface area contributed by atoms with Crippen LogP contribution in [0.2, 0.25) is 0 Å². The quantitative estimate of drug-likeness (QED) is 0.0146. The van der Waals surface area contributed by atoms with Gasteiger partial charge in [0.1, 0.15) is 43.2 Å². The van der Waals surface area contributed by atoms with Crippen molar-refractivity contribution in [3.8, 4) is 0 Å². The summed E-state index contributed by atoms with van der Waals surface area (Å²) in [6, 6.07) is 0. The molecule has 0 amide bonds. The highest BCUT2D eigenvalue weighted by Crippen LogP contribution is 2.47. The Morgan fingerprint density at radius 3 is 1.19 bits per heavy atom. The van der Waals surface area contributed by atoms with Crippen LogP contribution in [0.25, 0.3) is 0 Å². The molecule has 0 bridgehead atoms. The number of allylic oxidation sites excluding steroid dienone is 4. The smallest absolute Gasteiger partial charge is 0.462 e. The number of aliphatic hydroxyl groups excluding tert-OH is 5. The van der Waals surface area contributed by atoms with E-state index in [1.165, 1.54) is 122 Å². The number of phosphoric ester groups is 1. The number of hydrogen-bond donors (Lipinski definition) is 6. The highest BCUT2D eigenvalue weighted by molar-refractivity contribution is 7.47. The average molecular weight is 933 g/mol. The van der Waals surface area contributed by atoms with E-state index in [0.29, 0.717) is 12.8 Å². The van der Waals surface area contributed by atoms with Crippen LogP contribution in [0.15, 0.2) is 24.3 Å². The van der Waals surface area contributed by atoms with Gasteiger partial charge in [0.25, 0.3) is 0 Å². The maximum Gasteiger partial charge on any atom is 0.472 e. The minimum Gasteiger partial charge on any atom is -0.462 e. The van der Waals surface area contributed by atoms with E-state index in [0.717, 1.165) is 64.2 Å². The molecule has 1 rings (SSSR count). The van der Waals surface area contributed by atoms with E-state index in [4.69, 9.17) is 18.5 Å². The van der Waals surface area contributed by atoms with Crippen LogP contribution in [0, 0.1) is 0 Å². The van der Waals surface area contributed by atoms with Gasteiger partial charge in [-0.25, -0.2) is 4.57 Å². The lowest BCUT2D eigenvalue weighted by Gasteiger charge is -2.41. The summed E-state index contributed by atoms with van der Waals surface area (Å²) in [5, 5.41) is 50.2. The standard InChI is InChI=1S/C50H93O13P/c1-3-5-7-9-11-13-15-17-19-21-23-25-27-29-31-33-35-37-39-44(52)62-42(41-61-64(58,59)63-50-48(56)46(54)45(53)47(55)49(50)57)40-60-43(51)38-36-34-32-30-28-26-24-22-20-18-16-14-12-10-8-6-4-2/h18-21,42,45-50,53-57H,3-17,22-41H2,1-2H3,(H,58,59)/b20-18-,21-19-. The SMILES string of the molecule is CCCCCCCC/C=C\CCCCCCCCCC(=O)OCC(COP(=O)(O)OC1C(O)C(O)C(O)C(O)C1O)OC(=O)CCCCCCCCC/C=C\CCCCCCCCC. The number of carbonyl (C=O) groups is 2. The summed E-state index contributed by atoms with van der Waals surface area (Å²) in [5.74, 6) is -1.10. The Morgan fingerprint density at radius 2 is 0.797 bits per heavy atom.